The summed E-state index contributed by atoms with van der Waals surface area (Å²) in [6.07, 6.45) is 5.30. The first kappa shape index (κ1) is 17.9. The van der Waals surface area contributed by atoms with Crippen LogP contribution in [0.5, 0.6) is 0 Å². The van der Waals surface area contributed by atoms with Crippen LogP contribution in [0.25, 0.3) is 0 Å². The SMILES string of the molecule is CC(C(=O)N1CCCCC1)N1CCC(NC(=O)c2ccccc2)CC1. The van der Waals surface area contributed by atoms with Crippen LogP contribution in [-0.2, 0) is 4.79 Å². The lowest BCUT2D eigenvalue weighted by atomic mass is 10.0. The smallest absolute Gasteiger partial charge is 0.251 e. The largest absolute Gasteiger partial charge is 0.349 e. The van der Waals surface area contributed by atoms with Crippen LogP contribution >= 0.6 is 0 Å². The van der Waals surface area contributed by atoms with Gasteiger partial charge in [-0.2, -0.15) is 0 Å². The molecule has 2 aliphatic heterocycles. The van der Waals surface area contributed by atoms with Crippen molar-refractivity contribution < 1.29 is 9.59 Å². The molecule has 1 atom stereocenters. The predicted molar refractivity (Wildman–Crippen MR) is 98.4 cm³/mol. The first-order valence-corrected chi connectivity index (χ1v) is 9.54. The predicted octanol–water partition coefficient (Wildman–Crippen LogP) is 2.28. The Balaban J connectivity index is 1.46. The molecule has 0 bridgehead atoms. The third-order valence-electron chi connectivity index (χ3n) is 5.47. The molecule has 2 aliphatic rings. The molecule has 2 heterocycles. The van der Waals surface area contributed by atoms with Crippen molar-refractivity contribution in [1.29, 1.82) is 0 Å². The number of piperidine rings is 2. The van der Waals surface area contributed by atoms with E-state index in [1.165, 1.54) is 6.42 Å². The molecule has 136 valence electrons. The van der Waals surface area contributed by atoms with Crippen molar-refractivity contribution >= 4 is 11.8 Å². The minimum Gasteiger partial charge on any atom is -0.349 e. The Bertz CT molecular complexity index is 576. The van der Waals surface area contributed by atoms with Gasteiger partial charge in [-0.05, 0) is 51.2 Å². The fraction of sp³-hybridized carbons (Fsp3) is 0.600. The molecule has 1 N–H and O–H groups in total. The van der Waals surface area contributed by atoms with Crippen LogP contribution < -0.4 is 5.32 Å². The van der Waals surface area contributed by atoms with E-state index in [9.17, 15) is 9.59 Å². The number of likely N-dealkylation sites (tertiary alicyclic amines) is 2. The van der Waals surface area contributed by atoms with E-state index in [0.717, 1.165) is 51.9 Å². The fourth-order valence-electron chi connectivity index (χ4n) is 3.82. The van der Waals surface area contributed by atoms with Gasteiger partial charge in [-0.25, -0.2) is 0 Å². The van der Waals surface area contributed by atoms with E-state index in [0.29, 0.717) is 5.56 Å². The van der Waals surface area contributed by atoms with E-state index in [2.05, 4.69) is 10.2 Å². The lowest BCUT2D eigenvalue weighted by molar-refractivity contribution is -0.137. The van der Waals surface area contributed by atoms with Crippen LogP contribution in [0.1, 0.15) is 49.4 Å². The van der Waals surface area contributed by atoms with Crippen LogP contribution in [0.15, 0.2) is 30.3 Å². The Hall–Kier alpha value is -1.88. The van der Waals surface area contributed by atoms with Gasteiger partial charge < -0.3 is 10.2 Å². The maximum absolute atomic E-state index is 12.7. The van der Waals surface area contributed by atoms with Crippen LogP contribution in [-0.4, -0.2) is 59.9 Å². The summed E-state index contributed by atoms with van der Waals surface area (Å²) < 4.78 is 0. The van der Waals surface area contributed by atoms with Crippen LogP contribution in [0, 0.1) is 0 Å². The summed E-state index contributed by atoms with van der Waals surface area (Å²) in [4.78, 5) is 29.2. The van der Waals surface area contributed by atoms with Crippen LogP contribution in [0.4, 0.5) is 0 Å². The van der Waals surface area contributed by atoms with Crippen LogP contribution in [0.3, 0.4) is 0 Å². The van der Waals surface area contributed by atoms with Crippen molar-refractivity contribution in [2.24, 2.45) is 0 Å². The lowest BCUT2D eigenvalue weighted by Gasteiger charge is -2.38. The first-order valence-electron chi connectivity index (χ1n) is 9.54. The van der Waals surface area contributed by atoms with Gasteiger partial charge in [-0.3, -0.25) is 14.5 Å². The minimum atomic E-state index is -0.0520. The van der Waals surface area contributed by atoms with E-state index in [1.807, 2.05) is 42.2 Å². The molecule has 0 radical (unpaired) electrons. The fourth-order valence-corrected chi connectivity index (χ4v) is 3.82. The first-order chi connectivity index (χ1) is 12.1. The Morgan fingerprint density at radius 2 is 1.64 bits per heavy atom. The normalized spacial score (nSPS) is 20.9. The molecule has 2 amide bonds. The molecule has 5 heteroatoms. The van der Waals surface area contributed by atoms with Gasteiger partial charge in [0.25, 0.3) is 5.91 Å². The Morgan fingerprint density at radius 1 is 1.00 bits per heavy atom. The van der Waals surface area contributed by atoms with E-state index in [1.54, 1.807) is 0 Å². The molecule has 25 heavy (non-hydrogen) atoms. The number of carbonyl (C=O) groups is 2. The van der Waals surface area contributed by atoms with Crippen LogP contribution in [0.2, 0.25) is 0 Å². The van der Waals surface area contributed by atoms with Gasteiger partial charge >= 0.3 is 0 Å². The number of rotatable bonds is 4. The highest BCUT2D eigenvalue weighted by Gasteiger charge is 2.30. The molecule has 5 nitrogen and oxygen atoms in total. The molecule has 0 aromatic heterocycles. The van der Waals surface area contributed by atoms with Gasteiger partial charge in [0, 0.05) is 37.8 Å². The summed E-state index contributed by atoms with van der Waals surface area (Å²) in [5.41, 5.74) is 0.707. The molecule has 2 fully saturated rings. The number of nitrogens with zero attached hydrogens (tertiary/aromatic N) is 2. The number of hydrogen-bond donors (Lipinski definition) is 1. The highest BCUT2D eigenvalue weighted by atomic mass is 16.2. The molecule has 1 unspecified atom stereocenters. The quantitative estimate of drug-likeness (QED) is 0.912. The summed E-state index contributed by atoms with van der Waals surface area (Å²) in [6.45, 7) is 5.57. The Morgan fingerprint density at radius 3 is 2.28 bits per heavy atom. The van der Waals surface area contributed by atoms with Gasteiger partial charge in [0.2, 0.25) is 5.91 Å². The zero-order valence-electron chi connectivity index (χ0n) is 15.1. The zero-order valence-corrected chi connectivity index (χ0v) is 15.1. The van der Waals surface area contributed by atoms with Gasteiger partial charge in [-0.1, -0.05) is 18.2 Å². The monoisotopic (exact) mass is 343 g/mol. The minimum absolute atomic E-state index is 0.00325. The van der Waals surface area contributed by atoms with E-state index >= 15 is 0 Å². The third kappa shape index (κ3) is 4.60. The second-order valence-corrected chi connectivity index (χ2v) is 7.21. The van der Waals surface area contributed by atoms with Crippen molar-refractivity contribution in [3.05, 3.63) is 35.9 Å². The highest BCUT2D eigenvalue weighted by Crippen LogP contribution is 2.17. The standard InChI is InChI=1S/C20H29N3O2/c1-16(20(25)23-12-6-3-7-13-23)22-14-10-18(11-15-22)21-19(24)17-8-4-2-5-9-17/h2,4-5,8-9,16,18H,3,6-7,10-15H2,1H3,(H,21,24). The van der Waals surface area contributed by atoms with Gasteiger partial charge in [0.05, 0.1) is 6.04 Å². The van der Waals surface area contributed by atoms with Crippen molar-refractivity contribution in [2.75, 3.05) is 26.2 Å². The number of hydrogen-bond acceptors (Lipinski definition) is 3. The van der Waals surface area contributed by atoms with Crippen molar-refractivity contribution in [3.8, 4) is 0 Å². The van der Waals surface area contributed by atoms with Gasteiger partial charge in [-0.15, -0.1) is 0 Å². The maximum atomic E-state index is 12.7. The number of benzene rings is 1. The molecule has 0 saturated carbocycles. The van der Waals surface area contributed by atoms with Gasteiger partial charge in [0.15, 0.2) is 0 Å². The molecule has 1 aromatic carbocycles. The summed E-state index contributed by atoms with van der Waals surface area (Å²) in [7, 11) is 0. The second-order valence-electron chi connectivity index (χ2n) is 7.21. The zero-order chi connectivity index (χ0) is 17.6. The van der Waals surface area contributed by atoms with E-state index in [4.69, 9.17) is 0 Å². The molecule has 2 saturated heterocycles. The highest BCUT2D eigenvalue weighted by molar-refractivity contribution is 5.94. The summed E-state index contributed by atoms with van der Waals surface area (Å²) in [6, 6.07) is 9.49. The molecule has 3 rings (SSSR count). The average molecular weight is 343 g/mol. The molecular weight excluding hydrogens is 314 g/mol. The lowest BCUT2D eigenvalue weighted by Crippen LogP contribution is -2.53. The second kappa shape index (κ2) is 8.48. The van der Waals surface area contributed by atoms with Crippen molar-refractivity contribution in [2.45, 2.75) is 51.1 Å². The molecule has 0 aliphatic carbocycles. The Labute approximate surface area is 150 Å². The summed E-state index contributed by atoms with van der Waals surface area (Å²) >= 11 is 0. The molecule has 1 aromatic rings. The van der Waals surface area contributed by atoms with E-state index < -0.39 is 0 Å². The number of carbonyl (C=O) groups excluding carboxylic acids is 2. The van der Waals surface area contributed by atoms with Gasteiger partial charge in [0.1, 0.15) is 0 Å². The topological polar surface area (TPSA) is 52.7 Å². The number of amides is 2. The maximum Gasteiger partial charge on any atom is 0.251 e. The third-order valence-corrected chi connectivity index (χ3v) is 5.47. The number of nitrogens with one attached hydrogen (secondary N) is 1. The summed E-state index contributed by atoms with van der Waals surface area (Å²) in [5, 5.41) is 3.13. The summed E-state index contributed by atoms with van der Waals surface area (Å²) in [5.74, 6) is 0.267. The Kier molecular flexibility index (Phi) is 6.08. The molecule has 0 spiro atoms. The molecular formula is C20H29N3O2. The average Bonchev–Trinajstić information content (AvgIpc) is 2.69. The van der Waals surface area contributed by atoms with Crippen molar-refractivity contribution in [3.63, 3.8) is 0 Å². The van der Waals surface area contributed by atoms with Crippen molar-refractivity contribution in [1.82, 2.24) is 15.1 Å². The van der Waals surface area contributed by atoms with E-state index in [-0.39, 0.29) is 23.9 Å².